The standard InChI is InChI=1S/C22H26F3N7.C4H8O2/c1-5-16-11-18(20-17(26-16)6-7-19(27-20)22(23,24)25)32(21-28-30-31(4)29-21)12-15-9-13(2)8-14(3)10-15;1-4(2)6-3-5/h6-10,16,18,26H,5,11-12H2,1-4H3;3-4H,1-2H3/t16-,18+;/m1./s1. The summed E-state index contributed by atoms with van der Waals surface area (Å²) in [5.41, 5.74) is 3.30. The second kappa shape index (κ2) is 12.2. The van der Waals surface area contributed by atoms with Crippen molar-refractivity contribution in [3.63, 3.8) is 0 Å². The van der Waals surface area contributed by atoms with Crippen molar-refractivity contribution < 1.29 is 22.7 Å². The molecule has 206 valence electrons. The van der Waals surface area contributed by atoms with Crippen molar-refractivity contribution in [1.29, 1.82) is 0 Å². The highest BCUT2D eigenvalue weighted by Crippen LogP contribution is 2.40. The lowest BCUT2D eigenvalue weighted by Gasteiger charge is -2.38. The quantitative estimate of drug-likeness (QED) is 0.417. The molecule has 0 fully saturated rings. The number of anilines is 2. The Labute approximate surface area is 220 Å². The molecule has 3 heterocycles. The summed E-state index contributed by atoms with van der Waals surface area (Å²) in [6.07, 6.45) is -3.10. The largest absolute Gasteiger partial charge is 0.465 e. The van der Waals surface area contributed by atoms with Gasteiger partial charge in [0.25, 0.3) is 12.4 Å². The van der Waals surface area contributed by atoms with E-state index in [0.717, 1.165) is 29.2 Å². The first-order valence-corrected chi connectivity index (χ1v) is 12.4. The number of nitrogens with zero attached hydrogens (tertiary/aromatic N) is 6. The van der Waals surface area contributed by atoms with E-state index in [4.69, 9.17) is 0 Å². The van der Waals surface area contributed by atoms with E-state index in [0.29, 0.717) is 36.8 Å². The number of pyridine rings is 1. The van der Waals surface area contributed by atoms with E-state index in [1.807, 2.05) is 25.7 Å². The van der Waals surface area contributed by atoms with E-state index in [-0.39, 0.29) is 12.1 Å². The normalized spacial score (nSPS) is 16.7. The van der Waals surface area contributed by atoms with Crippen LogP contribution in [0.2, 0.25) is 0 Å². The van der Waals surface area contributed by atoms with Gasteiger partial charge in [-0.05, 0) is 63.4 Å². The molecule has 2 aromatic heterocycles. The van der Waals surface area contributed by atoms with Crippen molar-refractivity contribution in [3.05, 3.63) is 58.4 Å². The maximum atomic E-state index is 13.5. The lowest BCUT2D eigenvalue weighted by atomic mass is 9.93. The SMILES string of the molecule is CC(C)OC=O.CC[C@@H]1C[C@H](N(Cc2cc(C)cc(C)c2)c2nnn(C)n2)c2nc(C(F)(F)F)ccc2N1. The number of ether oxygens (including phenoxy) is 1. The van der Waals surface area contributed by atoms with E-state index < -0.39 is 17.9 Å². The fourth-order valence-corrected chi connectivity index (χ4v) is 4.39. The number of alkyl halides is 3. The predicted molar refractivity (Wildman–Crippen MR) is 137 cm³/mol. The highest BCUT2D eigenvalue weighted by Gasteiger charge is 2.38. The van der Waals surface area contributed by atoms with Crippen LogP contribution < -0.4 is 10.2 Å². The molecule has 0 radical (unpaired) electrons. The van der Waals surface area contributed by atoms with Crippen molar-refractivity contribution in [2.24, 2.45) is 7.05 Å². The molecule has 1 aliphatic rings. The van der Waals surface area contributed by atoms with Gasteiger partial charge in [-0.2, -0.15) is 18.0 Å². The van der Waals surface area contributed by atoms with Crippen molar-refractivity contribution in [2.45, 2.75) is 78.4 Å². The lowest BCUT2D eigenvalue weighted by molar-refractivity contribution is -0.141. The van der Waals surface area contributed by atoms with Gasteiger partial charge in [0.15, 0.2) is 0 Å². The van der Waals surface area contributed by atoms with E-state index in [1.165, 1.54) is 10.9 Å². The molecule has 38 heavy (non-hydrogen) atoms. The molecule has 0 unspecified atom stereocenters. The van der Waals surface area contributed by atoms with Crippen molar-refractivity contribution in [1.82, 2.24) is 25.2 Å². The predicted octanol–water partition coefficient (Wildman–Crippen LogP) is 5.15. The first-order valence-electron chi connectivity index (χ1n) is 12.4. The van der Waals surface area contributed by atoms with Gasteiger partial charge in [0.1, 0.15) is 5.69 Å². The van der Waals surface area contributed by atoms with Crippen LogP contribution in [0, 0.1) is 13.8 Å². The number of tetrazole rings is 1. The third kappa shape index (κ3) is 7.42. The Bertz CT molecular complexity index is 1210. The molecule has 12 heteroatoms. The van der Waals surface area contributed by atoms with Gasteiger partial charge in [-0.15, -0.1) is 5.10 Å². The Morgan fingerprint density at radius 1 is 1.21 bits per heavy atom. The summed E-state index contributed by atoms with van der Waals surface area (Å²) in [5.74, 6) is 0.360. The second-order valence-electron chi connectivity index (χ2n) is 9.61. The molecule has 1 aromatic carbocycles. The van der Waals surface area contributed by atoms with Crippen LogP contribution >= 0.6 is 0 Å². The highest BCUT2D eigenvalue weighted by atomic mass is 19.4. The summed E-state index contributed by atoms with van der Waals surface area (Å²) in [6, 6.07) is 8.35. The van der Waals surface area contributed by atoms with Crippen LogP contribution in [0.3, 0.4) is 0 Å². The lowest BCUT2D eigenvalue weighted by Crippen LogP contribution is -2.39. The van der Waals surface area contributed by atoms with Gasteiger partial charge < -0.3 is 15.0 Å². The third-order valence-corrected chi connectivity index (χ3v) is 5.98. The topological polar surface area (TPSA) is 98.1 Å². The average Bonchev–Trinajstić information content (AvgIpc) is 3.26. The number of hydrogen-bond acceptors (Lipinski definition) is 8. The summed E-state index contributed by atoms with van der Waals surface area (Å²) in [7, 11) is 1.66. The van der Waals surface area contributed by atoms with Crippen LogP contribution in [0.15, 0.2) is 30.3 Å². The average molecular weight is 534 g/mol. The number of aromatic nitrogens is 5. The Kier molecular flexibility index (Phi) is 9.29. The summed E-state index contributed by atoms with van der Waals surface area (Å²) >= 11 is 0. The first-order chi connectivity index (χ1) is 17.9. The number of nitrogens with one attached hydrogen (secondary N) is 1. The molecule has 3 aromatic rings. The Morgan fingerprint density at radius 2 is 1.89 bits per heavy atom. The molecule has 0 saturated carbocycles. The minimum atomic E-state index is -4.52. The van der Waals surface area contributed by atoms with Gasteiger partial charge in [0, 0.05) is 12.6 Å². The number of benzene rings is 1. The molecule has 0 spiro atoms. The summed E-state index contributed by atoms with van der Waals surface area (Å²) < 4.78 is 44.7. The van der Waals surface area contributed by atoms with Gasteiger partial charge in [0.2, 0.25) is 0 Å². The Morgan fingerprint density at radius 3 is 2.39 bits per heavy atom. The van der Waals surface area contributed by atoms with Gasteiger partial charge >= 0.3 is 6.18 Å². The van der Waals surface area contributed by atoms with Crippen molar-refractivity contribution in [2.75, 3.05) is 10.2 Å². The number of carbonyl (C=O) groups is 1. The Hall–Kier alpha value is -3.70. The van der Waals surface area contributed by atoms with E-state index in [9.17, 15) is 18.0 Å². The van der Waals surface area contributed by atoms with Crippen molar-refractivity contribution >= 4 is 18.1 Å². The molecule has 1 N–H and O–H groups in total. The minimum absolute atomic E-state index is 0.0301. The second-order valence-corrected chi connectivity index (χ2v) is 9.61. The van der Waals surface area contributed by atoms with Gasteiger partial charge in [-0.25, -0.2) is 4.98 Å². The van der Waals surface area contributed by atoms with Crippen LogP contribution in [0.1, 0.15) is 67.7 Å². The molecule has 1 aliphatic heterocycles. The fourth-order valence-electron chi connectivity index (χ4n) is 4.39. The Balaban J connectivity index is 0.000000599. The molecule has 4 rings (SSSR count). The van der Waals surface area contributed by atoms with Gasteiger partial charge in [-0.3, -0.25) is 4.79 Å². The number of carbonyl (C=O) groups excluding carboxylic acids is 1. The fraction of sp³-hybridized carbons (Fsp3) is 0.500. The number of aryl methyl sites for hydroxylation is 3. The zero-order valence-electron chi connectivity index (χ0n) is 22.5. The van der Waals surface area contributed by atoms with Crippen LogP contribution in [-0.2, 0) is 29.3 Å². The molecule has 0 amide bonds. The van der Waals surface area contributed by atoms with Crippen LogP contribution in [0.5, 0.6) is 0 Å². The maximum Gasteiger partial charge on any atom is 0.433 e. The smallest absolute Gasteiger partial charge is 0.433 e. The maximum absolute atomic E-state index is 13.5. The number of hydrogen-bond donors (Lipinski definition) is 1. The van der Waals surface area contributed by atoms with Crippen LogP contribution in [-0.4, -0.2) is 43.8 Å². The zero-order chi connectivity index (χ0) is 28.0. The molecular formula is C26H34F3N7O2. The summed E-state index contributed by atoms with van der Waals surface area (Å²) in [5, 5.41) is 15.8. The summed E-state index contributed by atoms with van der Waals surface area (Å²) in [4.78, 5) is 16.7. The van der Waals surface area contributed by atoms with Gasteiger partial charge in [-0.1, -0.05) is 41.3 Å². The monoisotopic (exact) mass is 533 g/mol. The van der Waals surface area contributed by atoms with Gasteiger partial charge in [0.05, 0.1) is 30.6 Å². The molecule has 9 nitrogen and oxygen atoms in total. The molecule has 0 saturated heterocycles. The van der Waals surface area contributed by atoms with E-state index >= 15 is 0 Å². The zero-order valence-corrected chi connectivity index (χ0v) is 22.5. The minimum Gasteiger partial charge on any atom is -0.465 e. The third-order valence-electron chi connectivity index (χ3n) is 5.98. The molecule has 2 atom stereocenters. The van der Waals surface area contributed by atoms with E-state index in [1.54, 1.807) is 20.9 Å². The first kappa shape index (κ1) is 28.9. The molecule has 0 bridgehead atoms. The number of halogens is 3. The number of rotatable bonds is 7. The highest BCUT2D eigenvalue weighted by molar-refractivity contribution is 5.56. The van der Waals surface area contributed by atoms with Crippen molar-refractivity contribution in [3.8, 4) is 0 Å². The molecule has 0 aliphatic carbocycles. The van der Waals surface area contributed by atoms with Crippen LogP contribution in [0.4, 0.5) is 24.8 Å². The van der Waals surface area contributed by atoms with E-state index in [2.05, 4.69) is 48.6 Å². The van der Waals surface area contributed by atoms with Crippen LogP contribution in [0.25, 0.3) is 0 Å². The number of fused-ring (bicyclic) bond motifs is 1. The summed E-state index contributed by atoms with van der Waals surface area (Å²) in [6.45, 7) is 10.6. The molecular weight excluding hydrogens is 499 g/mol.